The summed E-state index contributed by atoms with van der Waals surface area (Å²) in [4.78, 5) is 75.0. The van der Waals surface area contributed by atoms with Crippen LogP contribution in [0.5, 0.6) is 11.7 Å². The van der Waals surface area contributed by atoms with Gasteiger partial charge in [-0.05, 0) is 32.0 Å². The molecule has 5 N–H and O–H groups in total. The third-order valence-electron chi connectivity index (χ3n) is 4.47. The number of ketones is 1. The molecule has 1 fully saturated rings. The Morgan fingerprint density at radius 2 is 1.67 bits per heavy atom. The predicted molar refractivity (Wildman–Crippen MR) is 110 cm³/mol. The van der Waals surface area contributed by atoms with Crippen molar-refractivity contribution in [2.24, 2.45) is 4.99 Å². The molecule has 0 aliphatic carbocycles. The van der Waals surface area contributed by atoms with E-state index >= 15 is 0 Å². The van der Waals surface area contributed by atoms with Gasteiger partial charge in [0.25, 0.3) is 23.7 Å². The van der Waals surface area contributed by atoms with Crippen molar-refractivity contribution < 1.29 is 38.6 Å². The van der Waals surface area contributed by atoms with E-state index in [0.717, 1.165) is 6.92 Å². The van der Waals surface area contributed by atoms with E-state index in [2.05, 4.69) is 14.7 Å². The number of carbonyl (C=O) groups is 5. The first kappa shape index (κ1) is 22.9. The van der Waals surface area contributed by atoms with Crippen LogP contribution in [-0.2, 0) is 9.59 Å². The van der Waals surface area contributed by atoms with E-state index < -0.39 is 64.0 Å². The smallest absolute Gasteiger partial charge is 0.351 e. The van der Waals surface area contributed by atoms with Crippen LogP contribution in [0.3, 0.4) is 0 Å². The molecule has 0 radical (unpaired) electrons. The summed E-state index contributed by atoms with van der Waals surface area (Å²) < 4.78 is 4.59. The number of amides is 5. The molecule has 0 saturated carbocycles. The maximum Gasteiger partial charge on any atom is 0.351 e. The normalized spacial score (nSPS) is 14.5. The van der Waals surface area contributed by atoms with Crippen molar-refractivity contribution in [1.82, 2.24) is 16.0 Å². The number of Topliss-reactive ketones (excluding diaryl/α,β-unsaturated/α-hetero) is 1. The van der Waals surface area contributed by atoms with E-state index in [1.165, 1.54) is 31.2 Å². The molecule has 0 spiro atoms. The minimum atomic E-state index is -1.63. The number of aromatic hydroxyl groups is 2. The standard InChI is InChI=1S/C20H16N4O9/c1-7(11-14(26)12(8(2)25)19(31)33-18(11)30)21-10-5-3-4-9(6-10)15(27)22-13-16(28)23-20(32)24-17(13)29/h3-6,13,26,31H,1-2H3,(H,22,27)(H2,23,24,28,29,32). The van der Waals surface area contributed by atoms with Crippen molar-refractivity contribution >= 4 is 40.9 Å². The topological polar surface area (TPSA) is 204 Å². The van der Waals surface area contributed by atoms with Gasteiger partial charge in [0, 0.05) is 5.56 Å². The van der Waals surface area contributed by atoms with Gasteiger partial charge in [-0.1, -0.05) is 6.07 Å². The van der Waals surface area contributed by atoms with Crippen LogP contribution in [-0.4, -0.2) is 51.5 Å². The zero-order valence-corrected chi connectivity index (χ0v) is 17.1. The Morgan fingerprint density at radius 1 is 1.03 bits per heavy atom. The van der Waals surface area contributed by atoms with Crippen LogP contribution in [0.2, 0.25) is 0 Å². The molecule has 1 saturated heterocycles. The first-order chi connectivity index (χ1) is 15.5. The third kappa shape index (κ3) is 4.61. The van der Waals surface area contributed by atoms with Crippen LogP contribution in [0.1, 0.15) is 40.1 Å². The van der Waals surface area contributed by atoms with Crippen LogP contribution < -0.4 is 21.6 Å². The van der Waals surface area contributed by atoms with E-state index in [9.17, 15) is 39.0 Å². The molecular formula is C20H16N4O9. The van der Waals surface area contributed by atoms with Gasteiger partial charge in [0.2, 0.25) is 0 Å². The second-order valence-electron chi connectivity index (χ2n) is 6.81. The van der Waals surface area contributed by atoms with Crippen molar-refractivity contribution in [3.8, 4) is 11.7 Å². The number of imide groups is 2. The molecule has 3 rings (SSSR count). The highest BCUT2D eigenvalue weighted by Gasteiger charge is 2.35. The number of rotatable bonds is 5. The Bertz CT molecular complexity index is 1290. The van der Waals surface area contributed by atoms with Gasteiger partial charge in [-0.15, -0.1) is 0 Å². The van der Waals surface area contributed by atoms with Gasteiger partial charge >= 0.3 is 11.7 Å². The molecule has 0 bridgehead atoms. The largest absolute Gasteiger partial charge is 0.506 e. The Labute approximate surface area is 184 Å². The summed E-state index contributed by atoms with van der Waals surface area (Å²) in [6, 6.07) is 2.85. The summed E-state index contributed by atoms with van der Waals surface area (Å²) in [5.74, 6) is -5.43. The summed E-state index contributed by atoms with van der Waals surface area (Å²) in [6.07, 6.45) is 0. The highest BCUT2D eigenvalue weighted by Crippen LogP contribution is 2.29. The zero-order chi connectivity index (χ0) is 24.4. The van der Waals surface area contributed by atoms with Gasteiger partial charge in [-0.3, -0.25) is 34.8 Å². The van der Waals surface area contributed by atoms with Crippen LogP contribution in [0.4, 0.5) is 10.5 Å². The summed E-state index contributed by atoms with van der Waals surface area (Å²) >= 11 is 0. The average Bonchev–Trinajstić information content (AvgIpc) is 2.69. The van der Waals surface area contributed by atoms with E-state index in [-0.39, 0.29) is 17.0 Å². The molecule has 1 aliphatic rings. The fraction of sp³-hybridized carbons (Fsp3) is 0.150. The van der Waals surface area contributed by atoms with Crippen LogP contribution >= 0.6 is 0 Å². The minimum Gasteiger partial charge on any atom is -0.506 e. The van der Waals surface area contributed by atoms with E-state index in [0.29, 0.717) is 0 Å². The minimum absolute atomic E-state index is 0.0204. The van der Waals surface area contributed by atoms with Gasteiger partial charge in [-0.25, -0.2) is 9.59 Å². The number of urea groups is 1. The summed E-state index contributed by atoms with van der Waals surface area (Å²) in [5.41, 5.74) is -2.18. The molecule has 1 aromatic carbocycles. The number of carbonyl (C=O) groups excluding carboxylic acids is 5. The lowest BCUT2D eigenvalue weighted by molar-refractivity contribution is -0.132. The molecule has 170 valence electrons. The molecule has 13 heteroatoms. The summed E-state index contributed by atoms with van der Waals surface area (Å²) in [5, 5.41) is 25.8. The van der Waals surface area contributed by atoms with Crippen LogP contribution in [0.25, 0.3) is 0 Å². The molecule has 1 aliphatic heterocycles. The Hall–Kier alpha value is -4.81. The van der Waals surface area contributed by atoms with Crippen molar-refractivity contribution in [2.75, 3.05) is 0 Å². The first-order valence-corrected chi connectivity index (χ1v) is 9.21. The molecule has 2 aromatic rings. The maximum absolute atomic E-state index is 12.5. The van der Waals surface area contributed by atoms with Crippen LogP contribution in [0, 0.1) is 0 Å². The van der Waals surface area contributed by atoms with E-state index in [1.807, 2.05) is 10.6 Å². The lowest BCUT2D eigenvalue weighted by Gasteiger charge is -2.21. The van der Waals surface area contributed by atoms with E-state index in [1.54, 1.807) is 0 Å². The quantitative estimate of drug-likeness (QED) is 0.230. The van der Waals surface area contributed by atoms with Gasteiger partial charge < -0.3 is 19.9 Å². The fourth-order valence-electron chi connectivity index (χ4n) is 2.98. The lowest BCUT2D eigenvalue weighted by atomic mass is 10.1. The lowest BCUT2D eigenvalue weighted by Crippen LogP contribution is -2.64. The zero-order valence-electron chi connectivity index (χ0n) is 17.1. The Morgan fingerprint density at radius 3 is 2.27 bits per heavy atom. The molecule has 5 amide bonds. The fourth-order valence-corrected chi connectivity index (χ4v) is 2.98. The van der Waals surface area contributed by atoms with Crippen molar-refractivity contribution in [2.45, 2.75) is 19.9 Å². The molecule has 0 unspecified atom stereocenters. The molecule has 13 nitrogen and oxygen atoms in total. The molecule has 2 heterocycles. The van der Waals surface area contributed by atoms with Crippen molar-refractivity contribution in [3.05, 3.63) is 51.4 Å². The number of hydrogen-bond donors (Lipinski definition) is 5. The van der Waals surface area contributed by atoms with Gasteiger partial charge in [0.1, 0.15) is 16.9 Å². The molecular weight excluding hydrogens is 440 g/mol. The number of barbiturate groups is 1. The summed E-state index contributed by atoms with van der Waals surface area (Å²) in [7, 11) is 0. The first-order valence-electron chi connectivity index (χ1n) is 9.21. The third-order valence-corrected chi connectivity index (χ3v) is 4.47. The van der Waals surface area contributed by atoms with Gasteiger partial charge in [0.05, 0.1) is 11.4 Å². The number of nitrogens with zero attached hydrogens (tertiary/aromatic N) is 1. The predicted octanol–water partition coefficient (Wildman–Crippen LogP) is -0.141. The van der Waals surface area contributed by atoms with Gasteiger partial charge in [0.15, 0.2) is 11.8 Å². The monoisotopic (exact) mass is 456 g/mol. The number of hydrogen-bond acceptors (Lipinski definition) is 10. The SMILES string of the molecule is CC(=O)c1c(O)oc(=O)c(C(C)=Nc2cccc(C(=O)NC3C(=O)NC(=O)NC3=O)c2)c1O. The highest BCUT2D eigenvalue weighted by atomic mass is 16.5. The Kier molecular flexibility index (Phi) is 6.06. The molecule has 33 heavy (non-hydrogen) atoms. The Balaban J connectivity index is 1.91. The number of nitrogens with one attached hydrogen (secondary N) is 3. The van der Waals surface area contributed by atoms with Crippen molar-refractivity contribution in [3.63, 3.8) is 0 Å². The van der Waals surface area contributed by atoms with Crippen LogP contribution in [0.15, 0.2) is 38.5 Å². The maximum atomic E-state index is 12.5. The molecule has 1 aromatic heterocycles. The summed E-state index contributed by atoms with van der Waals surface area (Å²) in [6.45, 7) is 2.38. The average molecular weight is 456 g/mol. The van der Waals surface area contributed by atoms with E-state index in [4.69, 9.17) is 0 Å². The number of benzene rings is 1. The van der Waals surface area contributed by atoms with Crippen molar-refractivity contribution in [1.29, 1.82) is 0 Å². The molecule has 0 atom stereocenters. The van der Waals surface area contributed by atoms with Gasteiger partial charge in [-0.2, -0.15) is 0 Å². The second kappa shape index (κ2) is 8.74. The highest BCUT2D eigenvalue weighted by molar-refractivity contribution is 6.20. The number of aliphatic imine (C=N–C) groups is 1. The second-order valence-corrected chi connectivity index (χ2v) is 6.81.